The Hall–Kier alpha value is -2.60. The van der Waals surface area contributed by atoms with E-state index in [0.717, 1.165) is 31.8 Å². The lowest BCUT2D eigenvalue weighted by Crippen LogP contribution is -2.36. The smallest absolute Gasteiger partial charge is 0.119 e. The molecule has 3 rings (SSSR count). The highest BCUT2D eigenvalue weighted by molar-refractivity contribution is 5.28. The molecule has 1 unspecified atom stereocenters. The molecular weight excluding hydrogens is 424 g/mol. The predicted octanol–water partition coefficient (Wildman–Crippen LogP) is 5.11. The van der Waals surface area contributed by atoms with Gasteiger partial charge >= 0.3 is 0 Å². The van der Waals surface area contributed by atoms with Crippen molar-refractivity contribution in [2.45, 2.75) is 51.8 Å². The van der Waals surface area contributed by atoms with Gasteiger partial charge in [-0.3, -0.25) is 4.90 Å². The number of benzene rings is 2. The molecule has 1 atom stereocenters. The summed E-state index contributed by atoms with van der Waals surface area (Å²) in [4.78, 5) is 2.28. The Balaban J connectivity index is 1.61. The lowest BCUT2D eigenvalue weighted by molar-refractivity contribution is 0.0610. The van der Waals surface area contributed by atoms with Gasteiger partial charge in [-0.15, -0.1) is 0 Å². The maximum atomic E-state index is 10.7. The van der Waals surface area contributed by atoms with Gasteiger partial charge in [0.1, 0.15) is 18.5 Å². The van der Waals surface area contributed by atoms with Gasteiger partial charge in [-0.2, -0.15) is 0 Å². The molecule has 2 aromatic carbocycles. The van der Waals surface area contributed by atoms with E-state index in [4.69, 9.17) is 9.47 Å². The topological polar surface area (TPSA) is 46.9 Å². The normalized spacial score (nSPS) is 12.8. The van der Waals surface area contributed by atoms with Gasteiger partial charge in [0.25, 0.3) is 0 Å². The van der Waals surface area contributed by atoms with Crippen molar-refractivity contribution in [2.75, 3.05) is 33.4 Å². The Morgan fingerprint density at radius 2 is 1.71 bits per heavy atom. The molecule has 0 bridgehead atoms. The molecule has 0 aliphatic carbocycles. The minimum atomic E-state index is -0.573. The molecule has 0 saturated heterocycles. The van der Waals surface area contributed by atoms with Crippen molar-refractivity contribution < 1.29 is 14.6 Å². The van der Waals surface area contributed by atoms with Crippen LogP contribution >= 0.6 is 0 Å². The summed E-state index contributed by atoms with van der Waals surface area (Å²) in [6.07, 6.45) is 2.48. The first-order valence-corrected chi connectivity index (χ1v) is 12.2. The van der Waals surface area contributed by atoms with Gasteiger partial charge in [-0.1, -0.05) is 63.2 Å². The molecule has 0 aliphatic heterocycles. The highest BCUT2D eigenvalue weighted by atomic mass is 16.5. The van der Waals surface area contributed by atoms with E-state index in [-0.39, 0.29) is 12.0 Å². The van der Waals surface area contributed by atoms with Crippen molar-refractivity contribution in [3.8, 4) is 5.75 Å². The van der Waals surface area contributed by atoms with Crippen LogP contribution < -0.4 is 4.74 Å². The standard InChI is InChI=1S/C29H40N2O3/c1-29(2,3)25-15-13-24(14-16-25)20-31-18-8-10-26(31)21-30(17-9-19-33-4)22-27(32)23-34-28-11-6-5-7-12-28/h5-8,10-16,18,27,32H,9,17,19-23H2,1-4H3. The van der Waals surface area contributed by atoms with Crippen LogP contribution in [-0.4, -0.2) is 54.1 Å². The van der Waals surface area contributed by atoms with E-state index in [9.17, 15) is 5.11 Å². The number of para-hydroxylation sites is 1. The highest BCUT2D eigenvalue weighted by Gasteiger charge is 2.16. The number of ether oxygens (including phenoxy) is 2. The third-order valence-electron chi connectivity index (χ3n) is 5.96. The first kappa shape index (κ1) is 26.0. The summed E-state index contributed by atoms with van der Waals surface area (Å²) in [5, 5.41) is 10.7. The van der Waals surface area contributed by atoms with Gasteiger partial charge in [0.15, 0.2) is 0 Å². The number of hydrogen-bond donors (Lipinski definition) is 1. The zero-order valence-corrected chi connectivity index (χ0v) is 21.1. The van der Waals surface area contributed by atoms with Crippen LogP contribution in [0.15, 0.2) is 72.9 Å². The van der Waals surface area contributed by atoms with E-state index in [1.807, 2.05) is 30.3 Å². The van der Waals surface area contributed by atoms with E-state index < -0.39 is 6.10 Å². The van der Waals surface area contributed by atoms with Gasteiger partial charge < -0.3 is 19.1 Å². The SMILES string of the molecule is COCCCN(Cc1cccn1Cc1ccc(C(C)(C)C)cc1)CC(O)COc1ccccc1. The lowest BCUT2D eigenvalue weighted by Gasteiger charge is -2.26. The average Bonchev–Trinajstić information content (AvgIpc) is 3.24. The second-order valence-corrected chi connectivity index (χ2v) is 9.93. The summed E-state index contributed by atoms with van der Waals surface area (Å²) in [5.41, 5.74) is 4.02. The average molecular weight is 465 g/mol. The number of hydrogen-bond acceptors (Lipinski definition) is 4. The lowest BCUT2D eigenvalue weighted by atomic mass is 9.87. The van der Waals surface area contributed by atoms with Gasteiger partial charge in [-0.25, -0.2) is 0 Å². The van der Waals surface area contributed by atoms with E-state index in [2.05, 4.69) is 72.8 Å². The summed E-state index contributed by atoms with van der Waals surface area (Å²) in [6.45, 7) is 10.7. The maximum Gasteiger partial charge on any atom is 0.119 e. The second kappa shape index (κ2) is 12.7. The molecule has 0 aliphatic rings. The highest BCUT2D eigenvalue weighted by Crippen LogP contribution is 2.22. The van der Waals surface area contributed by atoms with Crippen LogP contribution in [0.4, 0.5) is 0 Å². The van der Waals surface area contributed by atoms with Crippen molar-refractivity contribution in [2.24, 2.45) is 0 Å². The van der Waals surface area contributed by atoms with Gasteiger partial charge in [0.2, 0.25) is 0 Å². The fraction of sp³-hybridized carbons (Fsp3) is 0.448. The van der Waals surface area contributed by atoms with Crippen molar-refractivity contribution >= 4 is 0 Å². The summed E-state index contributed by atoms with van der Waals surface area (Å²) in [5.74, 6) is 0.777. The molecule has 1 aromatic heterocycles. The zero-order valence-electron chi connectivity index (χ0n) is 21.1. The molecule has 34 heavy (non-hydrogen) atoms. The number of rotatable bonds is 13. The van der Waals surface area contributed by atoms with Crippen LogP contribution in [0.1, 0.15) is 44.0 Å². The summed E-state index contributed by atoms with van der Waals surface area (Å²) >= 11 is 0. The van der Waals surface area contributed by atoms with Crippen molar-refractivity contribution in [1.82, 2.24) is 9.47 Å². The first-order chi connectivity index (χ1) is 16.3. The number of methoxy groups -OCH3 is 1. The molecule has 0 radical (unpaired) electrons. The Labute approximate surface area is 204 Å². The summed E-state index contributed by atoms with van der Waals surface area (Å²) < 4.78 is 13.3. The Kier molecular flexibility index (Phi) is 9.75. The molecule has 0 saturated carbocycles. The fourth-order valence-corrected chi connectivity index (χ4v) is 4.01. The number of aromatic nitrogens is 1. The monoisotopic (exact) mass is 464 g/mol. The minimum absolute atomic E-state index is 0.158. The minimum Gasteiger partial charge on any atom is -0.491 e. The van der Waals surface area contributed by atoms with Gasteiger partial charge in [0.05, 0.1) is 0 Å². The van der Waals surface area contributed by atoms with E-state index in [0.29, 0.717) is 13.2 Å². The first-order valence-electron chi connectivity index (χ1n) is 12.2. The second-order valence-electron chi connectivity index (χ2n) is 9.93. The largest absolute Gasteiger partial charge is 0.491 e. The molecule has 1 N–H and O–H groups in total. The fourth-order valence-electron chi connectivity index (χ4n) is 4.01. The van der Waals surface area contributed by atoms with Crippen LogP contribution in [0.5, 0.6) is 5.75 Å². The molecule has 5 nitrogen and oxygen atoms in total. The summed E-state index contributed by atoms with van der Waals surface area (Å²) in [7, 11) is 1.73. The number of aliphatic hydroxyl groups excluding tert-OH is 1. The number of nitrogens with zero attached hydrogens (tertiary/aromatic N) is 2. The molecular formula is C29H40N2O3. The maximum absolute atomic E-state index is 10.7. The third-order valence-corrected chi connectivity index (χ3v) is 5.96. The van der Waals surface area contributed by atoms with Crippen LogP contribution in [-0.2, 0) is 23.2 Å². The molecule has 0 spiro atoms. The molecule has 5 heteroatoms. The molecule has 184 valence electrons. The Bertz CT molecular complexity index is 961. The van der Waals surface area contributed by atoms with Crippen LogP contribution in [0.3, 0.4) is 0 Å². The van der Waals surface area contributed by atoms with E-state index >= 15 is 0 Å². The molecule has 0 fully saturated rings. The molecule has 0 amide bonds. The van der Waals surface area contributed by atoms with E-state index in [1.165, 1.54) is 16.8 Å². The van der Waals surface area contributed by atoms with Crippen LogP contribution in [0.2, 0.25) is 0 Å². The predicted molar refractivity (Wildman–Crippen MR) is 138 cm³/mol. The molecule has 3 aromatic rings. The van der Waals surface area contributed by atoms with Crippen molar-refractivity contribution in [3.05, 3.63) is 89.7 Å². The Morgan fingerprint density at radius 3 is 2.38 bits per heavy atom. The van der Waals surface area contributed by atoms with Crippen molar-refractivity contribution in [3.63, 3.8) is 0 Å². The number of aliphatic hydroxyl groups is 1. The van der Waals surface area contributed by atoms with Crippen LogP contribution in [0, 0.1) is 0 Å². The van der Waals surface area contributed by atoms with E-state index in [1.54, 1.807) is 7.11 Å². The Morgan fingerprint density at radius 1 is 0.971 bits per heavy atom. The van der Waals surface area contributed by atoms with Gasteiger partial charge in [0, 0.05) is 51.8 Å². The van der Waals surface area contributed by atoms with Gasteiger partial charge in [-0.05, 0) is 47.2 Å². The van der Waals surface area contributed by atoms with Crippen LogP contribution in [0.25, 0.3) is 0 Å². The van der Waals surface area contributed by atoms with Crippen molar-refractivity contribution in [1.29, 1.82) is 0 Å². The third kappa shape index (κ3) is 8.32. The summed E-state index contributed by atoms with van der Waals surface area (Å²) in [6, 6.07) is 22.8. The zero-order chi connectivity index (χ0) is 24.4. The molecule has 1 heterocycles. The quantitative estimate of drug-likeness (QED) is 0.357.